The molecule has 3 aliphatic rings. The third-order valence-electron chi connectivity index (χ3n) is 4.75. The van der Waals surface area contributed by atoms with Gasteiger partial charge < -0.3 is 14.7 Å². The number of aliphatic hydroxyl groups is 1. The molecule has 5 nitrogen and oxygen atoms in total. The standard InChI is InChI=1S/C15H17F3N2O3/c16-15(17,18)10-2-4-14(19-6-10)23-13-5-9-1-3-11(13)20(8-22)12(9)7-21/h2,4,6,8-9,11-13,21H,1,3,5,7H2/t9-,11+,12-,13-/m1/s1. The minimum atomic E-state index is -4.43. The van der Waals surface area contributed by atoms with Crippen molar-refractivity contribution >= 4 is 6.41 Å². The number of fused-ring (bicyclic) bond motifs is 3. The van der Waals surface area contributed by atoms with Crippen LogP contribution in [0.25, 0.3) is 0 Å². The van der Waals surface area contributed by atoms with Crippen molar-refractivity contribution in [1.29, 1.82) is 0 Å². The summed E-state index contributed by atoms with van der Waals surface area (Å²) in [5.41, 5.74) is -0.829. The van der Waals surface area contributed by atoms with E-state index in [1.165, 1.54) is 6.07 Å². The van der Waals surface area contributed by atoms with Crippen molar-refractivity contribution in [2.75, 3.05) is 6.61 Å². The highest BCUT2D eigenvalue weighted by Crippen LogP contribution is 2.40. The maximum Gasteiger partial charge on any atom is 0.417 e. The van der Waals surface area contributed by atoms with Crippen molar-refractivity contribution in [2.45, 2.75) is 43.6 Å². The Morgan fingerprint density at radius 3 is 2.74 bits per heavy atom. The second-order valence-corrected chi connectivity index (χ2v) is 5.98. The second kappa shape index (κ2) is 5.99. The first-order valence-corrected chi connectivity index (χ1v) is 7.47. The Kier molecular flexibility index (Phi) is 4.18. The van der Waals surface area contributed by atoms with Gasteiger partial charge in [-0.1, -0.05) is 0 Å². The Morgan fingerprint density at radius 1 is 1.39 bits per heavy atom. The van der Waals surface area contributed by atoms with Gasteiger partial charge in [-0.15, -0.1) is 0 Å². The highest BCUT2D eigenvalue weighted by atomic mass is 19.4. The zero-order valence-electron chi connectivity index (χ0n) is 12.2. The van der Waals surface area contributed by atoms with Crippen LogP contribution in [0.2, 0.25) is 0 Å². The van der Waals surface area contributed by atoms with Gasteiger partial charge in [0.05, 0.1) is 24.3 Å². The van der Waals surface area contributed by atoms with Gasteiger partial charge in [0.1, 0.15) is 6.10 Å². The summed E-state index contributed by atoms with van der Waals surface area (Å²) >= 11 is 0. The number of rotatable bonds is 4. The molecule has 0 spiro atoms. The van der Waals surface area contributed by atoms with Crippen molar-refractivity contribution in [3.63, 3.8) is 0 Å². The molecule has 0 unspecified atom stereocenters. The van der Waals surface area contributed by atoms with Crippen LogP contribution < -0.4 is 4.74 Å². The fraction of sp³-hybridized carbons (Fsp3) is 0.600. The maximum absolute atomic E-state index is 12.5. The summed E-state index contributed by atoms with van der Waals surface area (Å²) in [7, 11) is 0. The number of hydrogen-bond donors (Lipinski definition) is 1. The number of amides is 1. The first kappa shape index (κ1) is 16.0. The van der Waals surface area contributed by atoms with Crippen LogP contribution in [0.1, 0.15) is 24.8 Å². The molecule has 1 aromatic heterocycles. The molecule has 2 aliphatic heterocycles. The number of halogens is 3. The van der Waals surface area contributed by atoms with Gasteiger partial charge in [-0.3, -0.25) is 4.79 Å². The van der Waals surface area contributed by atoms with E-state index in [4.69, 9.17) is 4.74 Å². The molecule has 1 saturated carbocycles. The lowest BCUT2D eigenvalue weighted by Gasteiger charge is -2.52. The topological polar surface area (TPSA) is 62.7 Å². The van der Waals surface area contributed by atoms with Crippen LogP contribution in [-0.4, -0.2) is 46.2 Å². The van der Waals surface area contributed by atoms with Crippen LogP contribution in [-0.2, 0) is 11.0 Å². The number of hydrogen-bond acceptors (Lipinski definition) is 4. The Morgan fingerprint density at radius 2 is 2.17 bits per heavy atom. The van der Waals surface area contributed by atoms with Gasteiger partial charge in [0.25, 0.3) is 0 Å². The minimum absolute atomic E-state index is 0.0921. The number of aromatic nitrogens is 1. The highest BCUT2D eigenvalue weighted by Gasteiger charge is 2.47. The van der Waals surface area contributed by atoms with Gasteiger partial charge in [0.2, 0.25) is 12.3 Å². The first-order valence-electron chi connectivity index (χ1n) is 7.47. The zero-order valence-corrected chi connectivity index (χ0v) is 12.2. The fourth-order valence-electron chi connectivity index (χ4n) is 3.62. The van der Waals surface area contributed by atoms with Crippen LogP contribution in [0, 0.1) is 5.92 Å². The van der Waals surface area contributed by atoms with E-state index in [0.717, 1.165) is 25.1 Å². The Balaban J connectivity index is 1.73. The largest absolute Gasteiger partial charge is 0.472 e. The highest BCUT2D eigenvalue weighted by molar-refractivity contribution is 5.50. The third kappa shape index (κ3) is 2.99. The predicted molar refractivity (Wildman–Crippen MR) is 73.6 cm³/mol. The smallest absolute Gasteiger partial charge is 0.417 e. The number of nitrogens with zero attached hydrogens (tertiary/aromatic N) is 2. The van der Waals surface area contributed by atoms with Crippen LogP contribution in [0.4, 0.5) is 13.2 Å². The summed E-state index contributed by atoms with van der Waals surface area (Å²) in [6.07, 6.45) is -0.976. The second-order valence-electron chi connectivity index (χ2n) is 5.98. The van der Waals surface area contributed by atoms with Crippen molar-refractivity contribution in [3.8, 4) is 5.88 Å². The SMILES string of the molecule is O=CN1[C@H](CO)[C@@H]2CC[C@H]1[C@H](Oc1ccc(C(F)(F)F)cn1)C2. The van der Waals surface area contributed by atoms with E-state index in [2.05, 4.69) is 4.98 Å². The van der Waals surface area contributed by atoms with Crippen molar-refractivity contribution in [3.05, 3.63) is 23.9 Å². The number of alkyl halides is 3. The molecule has 1 aliphatic carbocycles. The molecule has 8 heteroatoms. The van der Waals surface area contributed by atoms with E-state index < -0.39 is 11.7 Å². The molecular weight excluding hydrogens is 313 g/mol. The Labute approximate surface area is 131 Å². The zero-order chi connectivity index (χ0) is 16.6. The molecule has 1 aromatic rings. The molecule has 3 fully saturated rings. The summed E-state index contributed by atoms with van der Waals surface area (Å²) in [5, 5.41) is 9.44. The molecule has 4 atom stereocenters. The molecule has 1 N–H and O–H groups in total. The van der Waals surface area contributed by atoms with E-state index in [0.29, 0.717) is 12.8 Å². The van der Waals surface area contributed by atoms with Gasteiger partial charge in [-0.05, 0) is 31.2 Å². The number of pyridine rings is 1. The molecule has 126 valence electrons. The van der Waals surface area contributed by atoms with Crippen LogP contribution in [0.5, 0.6) is 5.88 Å². The summed E-state index contributed by atoms with van der Waals surface area (Å²) in [4.78, 5) is 16.6. The number of aliphatic hydroxyl groups excluding tert-OH is 1. The maximum atomic E-state index is 12.5. The number of ether oxygens (including phenoxy) is 1. The lowest BCUT2D eigenvalue weighted by atomic mass is 9.73. The minimum Gasteiger partial charge on any atom is -0.472 e. The molecule has 23 heavy (non-hydrogen) atoms. The lowest BCUT2D eigenvalue weighted by Crippen LogP contribution is -2.63. The van der Waals surface area contributed by atoms with E-state index in [1.54, 1.807) is 4.90 Å². The predicted octanol–water partition coefficient (Wildman–Crippen LogP) is 1.85. The molecule has 2 bridgehead atoms. The van der Waals surface area contributed by atoms with E-state index in [9.17, 15) is 23.1 Å². The van der Waals surface area contributed by atoms with Crippen LogP contribution >= 0.6 is 0 Å². The van der Waals surface area contributed by atoms with Crippen molar-refractivity contribution < 1.29 is 27.8 Å². The third-order valence-corrected chi connectivity index (χ3v) is 4.75. The van der Waals surface area contributed by atoms with E-state index in [-0.39, 0.29) is 36.6 Å². The molecule has 1 amide bonds. The Hall–Kier alpha value is -1.83. The Bertz CT molecular complexity index is 564. The summed E-state index contributed by atoms with van der Waals surface area (Å²) in [6.45, 7) is -0.0921. The molecule has 3 heterocycles. The number of carbonyl (C=O) groups is 1. The van der Waals surface area contributed by atoms with E-state index in [1.807, 2.05) is 0 Å². The van der Waals surface area contributed by atoms with Crippen molar-refractivity contribution in [2.24, 2.45) is 5.92 Å². The molecule has 4 rings (SSSR count). The molecule has 0 aromatic carbocycles. The summed E-state index contributed by atoms with van der Waals surface area (Å²) in [5.74, 6) is 0.247. The molecule has 2 saturated heterocycles. The van der Waals surface area contributed by atoms with Gasteiger partial charge in [-0.2, -0.15) is 13.2 Å². The normalized spacial score (nSPS) is 30.3. The lowest BCUT2D eigenvalue weighted by molar-refractivity contribution is -0.143. The average molecular weight is 330 g/mol. The average Bonchev–Trinajstić information content (AvgIpc) is 2.54. The first-order chi connectivity index (χ1) is 10.9. The molecular formula is C15H17F3N2O3. The van der Waals surface area contributed by atoms with Crippen molar-refractivity contribution in [1.82, 2.24) is 9.88 Å². The van der Waals surface area contributed by atoms with Crippen LogP contribution in [0.15, 0.2) is 18.3 Å². The number of piperidine rings is 2. The van der Waals surface area contributed by atoms with Gasteiger partial charge in [0, 0.05) is 12.3 Å². The summed E-state index contributed by atoms with van der Waals surface area (Å²) < 4.78 is 43.3. The van der Waals surface area contributed by atoms with Gasteiger partial charge in [-0.25, -0.2) is 4.98 Å². The molecule has 0 radical (unpaired) electrons. The quantitative estimate of drug-likeness (QED) is 0.856. The number of carbonyl (C=O) groups excluding carboxylic acids is 1. The van der Waals surface area contributed by atoms with Gasteiger partial charge >= 0.3 is 6.18 Å². The fourth-order valence-corrected chi connectivity index (χ4v) is 3.62. The summed E-state index contributed by atoms with van der Waals surface area (Å²) in [6, 6.07) is 1.74. The van der Waals surface area contributed by atoms with Gasteiger partial charge in [0.15, 0.2) is 0 Å². The van der Waals surface area contributed by atoms with Crippen LogP contribution in [0.3, 0.4) is 0 Å². The monoisotopic (exact) mass is 330 g/mol. The van der Waals surface area contributed by atoms with E-state index >= 15 is 0 Å².